The number of ether oxygens (including phenoxy) is 1. The third-order valence-corrected chi connectivity index (χ3v) is 1.67. The first-order valence-corrected chi connectivity index (χ1v) is 4.24. The Morgan fingerprint density at radius 3 is 2.06 bits per heavy atom. The Morgan fingerprint density at radius 1 is 1.06 bits per heavy atom. The van der Waals surface area contributed by atoms with Crippen LogP contribution in [0.5, 0.6) is 5.75 Å². The minimum Gasteiger partial charge on any atom is -0.478 e. The minimum atomic E-state index is -2.03. The van der Waals surface area contributed by atoms with E-state index in [1.54, 1.807) is 18.2 Å². The van der Waals surface area contributed by atoms with Crippen LogP contribution in [0.4, 0.5) is 0 Å². The van der Waals surface area contributed by atoms with Gasteiger partial charge in [0.2, 0.25) is 0 Å². The molecule has 6 heteroatoms. The van der Waals surface area contributed by atoms with E-state index < -0.39 is 23.8 Å². The van der Waals surface area contributed by atoms with Crippen LogP contribution in [0.15, 0.2) is 30.3 Å². The van der Waals surface area contributed by atoms with E-state index in [4.69, 9.17) is 14.9 Å². The van der Waals surface area contributed by atoms with E-state index in [0.29, 0.717) is 0 Å². The average Bonchev–Trinajstić information content (AvgIpc) is 2.26. The van der Waals surface area contributed by atoms with Gasteiger partial charge >= 0.3 is 11.9 Å². The maximum atomic E-state index is 11.0. The number of aliphatic carboxylic acids is 2. The van der Waals surface area contributed by atoms with Gasteiger partial charge in [0.05, 0.1) is 0 Å². The molecule has 6 nitrogen and oxygen atoms in total. The number of hydrogen-bond acceptors (Lipinski definition) is 4. The lowest BCUT2D eigenvalue weighted by atomic mass is 10.2. The van der Waals surface area contributed by atoms with E-state index >= 15 is 0 Å². The van der Waals surface area contributed by atoms with Gasteiger partial charge in [0.15, 0.2) is 0 Å². The lowest BCUT2D eigenvalue weighted by molar-refractivity contribution is -0.160. The molecule has 0 heterocycles. The molecule has 0 saturated carbocycles. The van der Waals surface area contributed by atoms with Crippen LogP contribution >= 0.6 is 0 Å². The van der Waals surface area contributed by atoms with Crippen molar-refractivity contribution in [3.8, 4) is 5.75 Å². The van der Waals surface area contributed by atoms with Crippen molar-refractivity contribution in [1.82, 2.24) is 0 Å². The SMILES string of the molecule is O=C(O)C(=O)C(Oc1ccccc1)C(=O)O. The van der Waals surface area contributed by atoms with Crippen molar-refractivity contribution >= 4 is 17.7 Å². The summed E-state index contributed by atoms with van der Waals surface area (Å²) in [6.07, 6.45) is -2.03. The van der Waals surface area contributed by atoms with Crippen molar-refractivity contribution in [3.63, 3.8) is 0 Å². The van der Waals surface area contributed by atoms with Gasteiger partial charge in [-0.3, -0.25) is 4.79 Å². The van der Waals surface area contributed by atoms with Gasteiger partial charge in [-0.15, -0.1) is 0 Å². The molecule has 0 spiro atoms. The number of ketones is 1. The quantitative estimate of drug-likeness (QED) is 0.546. The second kappa shape index (κ2) is 4.92. The smallest absolute Gasteiger partial charge is 0.376 e. The Labute approximate surface area is 90.1 Å². The number of carbonyl (C=O) groups is 3. The van der Waals surface area contributed by atoms with Crippen LogP contribution < -0.4 is 4.74 Å². The van der Waals surface area contributed by atoms with Gasteiger partial charge in [-0.25, -0.2) is 9.59 Å². The summed E-state index contributed by atoms with van der Waals surface area (Å²) in [4.78, 5) is 32.0. The molecule has 0 aliphatic carbocycles. The van der Waals surface area contributed by atoms with Crippen molar-refractivity contribution in [2.45, 2.75) is 6.10 Å². The number of hydrogen-bond donors (Lipinski definition) is 2. The second-order valence-electron chi connectivity index (χ2n) is 2.82. The maximum Gasteiger partial charge on any atom is 0.376 e. The number of carboxylic acid groups (broad SMARTS) is 2. The molecule has 1 atom stereocenters. The Kier molecular flexibility index (Phi) is 3.60. The molecule has 0 aromatic heterocycles. The second-order valence-corrected chi connectivity index (χ2v) is 2.82. The first-order chi connectivity index (χ1) is 7.52. The van der Waals surface area contributed by atoms with E-state index in [2.05, 4.69) is 0 Å². The molecule has 2 N–H and O–H groups in total. The van der Waals surface area contributed by atoms with Crippen molar-refractivity contribution < 1.29 is 29.3 Å². The molecule has 0 aliphatic heterocycles. The van der Waals surface area contributed by atoms with Crippen LogP contribution in [-0.4, -0.2) is 34.0 Å². The van der Waals surface area contributed by atoms with Crippen LogP contribution in [0.3, 0.4) is 0 Å². The number of carbonyl (C=O) groups excluding carboxylic acids is 1. The summed E-state index contributed by atoms with van der Waals surface area (Å²) < 4.78 is 4.77. The third-order valence-electron chi connectivity index (χ3n) is 1.67. The Balaban J connectivity index is 2.85. The van der Waals surface area contributed by atoms with Crippen LogP contribution in [0, 0.1) is 0 Å². The molecule has 0 bridgehead atoms. The normalized spacial score (nSPS) is 11.5. The summed E-state index contributed by atoms with van der Waals surface area (Å²) >= 11 is 0. The van der Waals surface area contributed by atoms with Gasteiger partial charge < -0.3 is 14.9 Å². The molecule has 0 aliphatic rings. The van der Waals surface area contributed by atoms with Crippen LogP contribution in [0.1, 0.15) is 0 Å². The molecule has 0 radical (unpaired) electrons. The van der Waals surface area contributed by atoms with Gasteiger partial charge in [0.25, 0.3) is 11.9 Å². The number of carboxylic acids is 2. The summed E-state index contributed by atoms with van der Waals surface area (Å²) in [5.41, 5.74) is 0. The highest BCUT2D eigenvalue weighted by atomic mass is 16.5. The molecule has 1 unspecified atom stereocenters. The Morgan fingerprint density at radius 2 is 1.62 bits per heavy atom. The summed E-state index contributed by atoms with van der Waals surface area (Å²) in [6, 6.07) is 7.65. The minimum absolute atomic E-state index is 0.115. The van der Waals surface area contributed by atoms with Gasteiger partial charge in [-0.1, -0.05) is 18.2 Å². The number of benzene rings is 1. The van der Waals surface area contributed by atoms with Crippen LogP contribution in [0.25, 0.3) is 0 Å². The van der Waals surface area contributed by atoms with Crippen molar-refractivity contribution in [2.75, 3.05) is 0 Å². The summed E-state index contributed by atoms with van der Waals surface area (Å²) in [5.74, 6) is -4.89. The Bertz CT molecular complexity index is 411. The number of rotatable bonds is 5. The van der Waals surface area contributed by atoms with Gasteiger partial charge in [-0.2, -0.15) is 0 Å². The summed E-state index contributed by atoms with van der Waals surface area (Å²) in [7, 11) is 0. The highest BCUT2D eigenvalue weighted by Gasteiger charge is 2.33. The molecule has 1 rings (SSSR count). The lowest BCUT2D eigenvalue weighted by Crippen LogP contribution is -2.39. The zero-order chi connectivity index (χ0) is 12.1. The molecule has 0 amide bonds. The van der Waals surface area contributed by atoms with E-state index in [0.717, 1.165) is 0 Å². The van der Waals surface area contributed by atoms with Crippen LogP contribution in [-0.2, 0) is 14.4 Å². The van der Waals surface area contributed by atoms with Crippen molar-refractivity contribution in [1.29, 1.82) is 0 Å². The van der Waals surface area contributed by atoms with E-state index in [9.17, 15) is 14.4 Å². The Hall–Kier alpha value is -2.37. The molecule has 84 valence electrons. The van der Waals surface area contributed by atoms with E-state index in [1.165, 1.54) is 12.1 Å². The lowest BCUT2D eigenvalue weighted by Gasteiger charge is -2.11. The molecule has 16 heavy (non-hydrogen) atoms. The standard InChI is InChI=1S/C10H8O6/c11-7(9(12)13)8(10(14)15)16-6-4-2-1-3-5-6/h1-5,8H,(H,12,13)(H,14,15). The predicted molar refractivity (Wildman–Crippen MR) is 51.1 cm³/mol. The first kappa shape index (κ1) is 11.7. The zero-order valence-electron chi connectivity index (χ0n) is 7.99. The molecular formula is C10H8O6. The topological polar surface area (TPSA) is 101 Å². The molecular weight excluding hydrogens is 216 g/mol. The van der Waals surface area contributed by atoms with Gasteiger partial charge in [-0.05, 0) is 12.1 Å². The van der Waals surface area contributed by atoms with E-state index in [-0.39, 0.29) is 5.75 Å². The highest BCUT2D eigenvalue weighted by molar-refractivity contribution is 6.38. The molecule has 1 aromatic carbocycles. The number of para-hydroxylation sites is 1. The molecule has 0 fully saturated rings. The monoisotopic (exact) mass is 224 g/mol. The largest absolute Gasteiger partial charge is 0.478 e. The number of Topliss-reactive ketones (excluding diaryl/α,β-unsaturated/α-hetero) is 1. The highest BCUT2D eigenvalue weighted by Crippen LogP contribution is 2.11. The third kappa shape index (κ3) is 2.81. The van der Waals surface area contributed by atoms with Gasteiger partial charge in [0, 0.05) is 0 Å². The average molecular weight is 224 g/mol. The van der Waals surface area contributed by atoms with E-state index in [1.807, 2.05) is 0 Å². The zero-order valence-corrected chi connectivity index (χ0v) is 7.99. The fourth-order valence-corrected chi connectivity index (χ4v) is 0.963. The maximum absolute atomic E-state index is 11.0. The summed E-state index contributed by atoms with van der Waals surface area (Å²) in [6.45, 7) is 0. The first-order valence-electron chi connectivity index (χ1n) is 4.24. The van der Waals surface area contributed by atoms with Crippen molar-refractivity contribution in [2.24, 2.45) is 0 Å². The van der Waals surface area contributed by atoms with Crippen LogP contribution in [0.2, 0.25) is 0 Å². The summed E-state index contributed by atoms with van der Waals surface area (Å²) in [5, 5.41) is 17.0. The molecule has 1 aromatic rings. The van der Waals surface area contributed by atoms with Crippen molar-refractivity contribution in [3.05, 3.63) is 30.3 Å². The fraction of sp³-hybridized carbons (Fsp3) is 0.100. The molecule has 0 saturated heterocycles. The van der Waals surface area contributed by atoms with Gasteiger partial charge in [0.1, 0.15) is 5.75 Å². The predicted octanol–water partition coefficient (Wildman–Crippen LogP) is 0.172. The fourth-order valence-electron chi connectivity index (χ4n) is 0.963.